The number of hydrogen-bond acceptors (Lipinski definition) is 6. The van der Waals surface area contributed by atoms with Crippen LogP contribution in [0.15, 0.2) is 47.7 Å². The van der Waals surface area contributed by atoms with Crippen molar-refractivity contribution >= 4 is 5.76 Å². The minimum absolute atomic E-state index is 0.0922. The summed E-state index contributed by atoms with van der Waals surface area (Å²) in [5.41, 5.74) is 2.23. The van der Waals surface area contributed by atoms with Crippen molar-refractivity contribution in [3.05, 3.63) is 64.4 Å². The van der Waals surface area contributed by atoms with Gasteiger partial charge in [-0.3, -0.25) is 0 Å². The summed E-state index contributed by atoms with van der Waals surface area (Å²) < 4.78 is 11.4. The second kappa shape index (κ2) is 7.25. The Morgan fingerprint density at radius 2 is 1.78 bits per heavy atom. The summed E-state index contributed by atoms with van der Waals surface area (Å²) in [4.78, 5) is 0. The predicted octanol–water partition coefficient (Wildman–Crippen LogP) is 3.75. The minimum atomic E-state index is -1.27. The van der Waals surface area contributed by atoms with E-state index >= 15 is 0 Å². The molecule has 0 spiro atoms. The molecule has 1 unspecified atom stereocenters. The summed E-state index contributed by atoms with van der Waals surface area (Å²) in [6.07, 6.45) is 1.01. The molecule has 0 amide bonds. The first-order valence-electron chi connectivity index (χ1n) is 8.48. The van der Waals surface area contributed by atoms with E-state index in [1.807, 2.05) is 19.9 Å². The van der Waals surface area contributed by atoms with Crippen LogP contribution in [0.25, 0.3) is 5.76 Å². The highest BCUT2D eigenvalue weighted by Gasteiger charge is 2.35. The molecule has 0 radical (unpaired) electrons. The summed E-state index contributed by atoms with van der Waals surface area (Å²) in [6.45, 7) is 3.87. The minimum Gasteiger partial charge on any atom is -0.508 e. The van der Waals surface area contributed by atoms with E-state index in [9.17, 15) is 20.4 Å². The highest BCUT2D eigenvalue weighted by atomic mass is 16.5. The van der Waals surface area contributed by atoms with E-state index in [2.05, 4.69) is 0 Å². The number of ether oxygens (including phenoxy) is 2. The van der Waals surface area contributed by atoms with E-state index < -0.39 is 6.10 Å². The summed E-state index contributed by atoms with van der Waals surface area (Å²) in [5, 5.41) is 40.9. The molecular formula is C21H22O6. The monoisotopic (exact) mass is 370 g/mol. The lowest BCUT2D eigenvalue weighted by Gasteiger charge is -2.29. The number of phenolic OH excluding ortho intramolecular Hbond substituents is 3. The number of rotatable bonds is 4. The van der Waals surface area contributed by atoms with Crippen molar-refractivity contribution in [3.63, 3.8) is 0 Å². The molecule has 0 saturated carbocycles. The summed E-state index contributed by atoms with van der Waals surface area (Å²) in [6, 6.07) is 7.42. The number of benzene rings is 2. The number of phenols is 3. The van der Waals surface area contributed by atoms with Crippen molar-refractivity contribution in [2.75, 3.05) is 7.11 Å². The summed E-state index contributed by atoms with van der Waals surface area (Å²) in [5.74, 6) is 0.261. The van der Waals surface area contributed by atoms with Crippen molar-refractivity contribution in [1.29, 1.82) is 0 Å². The lowest BCUT2D eigenvalue weighted by molar-refractivity contribution is 0.114. The van der Waals surface area contributed by atoms with Gasteiger partial charge in [0.25, 0.3) is 0 Å². The van der Waals surface area contributed by atoms with Gasteiger partial charge < -0.3 is 29.9 Å². The number of hydrogen-bond donors (Lipinski definition) is 4. The van der Waals surface area contributed by atoms with Gasteiger partial charge in [-0.25, -0.2) is 0 Å². The molecule has 0 aliphatic carbocycles. The topological polar surface area (TPSA) is 99.4 Å². The molecule has 1 atom stereocenters. The van der Waals surface area contributed by atoms with Crippen molar-refractivity contribution in [2.24, 2.45) is 0 Å². The van der Waals surface area contributed by atoms with Gasteiger partial charge in [-0.05, 0) is 44.5 Å². The highest BCUT2D eigenvalue weighted by Crippen LogP contribution is 2.50. The molecule has 0 aromatic heterocycles. The lowest BCUT2D eigenvalue weighted by atomic mass is 9.94. The van der Waals surface area contributed by atoms with Gasteiger partial charge in [-0.2, -0.15) is 0 Å². The molecule has 1 aliphatic heterocycles. The quantitative estimate of drug-likeness (QED) is 0.612. The van der Waals surface area contributed by atoms with E-state index in [1.165, 1.54) is 25.3 Å². The van der Waals surface area contributed by atoms with E-state index in [1.54, 1.807) is 12.1 Å². The van der Waals surface area contributed by atoms with Gasteiger partial charge in [-0.1, -0.05) is 11.6 Å². The van der Waals surface area contributed by atoms with Crippen molar-refractivity contribution in [3.8, 4) is 23.0 Å². The van der Waals surface area contributed by atoms with Crippen molar-refractivity contribution < 1.29 is 29.9 Å². The van der Waals surface area contributed by atoms with Crippen LogP contribution in [0.2, 0.25) is 0 Å². The Morgan fingerprint density at radius 3 is 2.37 bits per heavy atom. The average Bonchev–Trinajstić information content (AvgIpc) is 2.61. The van der Waals surface area contributed by atoms with E-state index in [0.717, 1.165) is 5.57 Å². The largest absolute Gasteiger partial charge is 0.508 e. The van der Waals surface area contributed by atoms with Crippen molar-refractivity contribution in [2.45, 2.75) is 26.4 Å². The third kappa shape index (κ3) is 3.44. The smallest absolute Gasteiger partial charge is 0.175 e. The maximum atomic E-state index is 10.8. The van der Waals surface area contributed by atoms with Crippen LogP contribution in [0.3, 0.4) is 0 Å². The zero-order valence-corrected chi connectivity index (χ0v) is 15.4. The second-order valence-corrected chi connectivity index (χ2v) is 6.57. The average molecular weight is 370 g/mol. The Balaban J connectivity index is 2.19. The molecule has 1 heterocycles. The van der Waals surface area contributed by atoms with Crippen molar-refractivity contribution in [1.82, 2.24) is 0 Å². The summed E-state index contributed by atoms with van der Waals surface area (Å²) >= 11 is 0. The molecule has 142 valence electrons. The molecule has 27 heavy (non-hydrogen) atoms. The van der Waals surface area contributed by atoms with E-state index in [-0.39, 0.29) is 40.1 Å². The number of aromatic hydroxyl groups is 3. The normalized spacial score (nSPS) is 15.8. The molecule has 2 aromatic rings. The number of allylic oxidation sites excluding steroid dienone is 2. The van der Waals surface area contributed by atoms with Gasteiger partial charge in [0.1, 0.15) is 29.1 Å². The second-order valence-electron chi connectivity index (χ2n) is 6.57. The zero-order valence-electron chi connectivity index (χ0n) is 15.4. The zero-order chi connectivity index (χ0) is 19.7. The molecule has 3 rings (SSSR count). The van der Waals surface area contributed by atoms with Crippen LogP contribution >= 0.6 is 0 Å². The van der Waals surface area contributed by atoms with E-state index in [4.69, 9.17) is 9.47 Å². The molecule has 0 bridgehead atoms. The third-order valence-electron chi connectivity index (χ3n) is 4.39. The number of fused-ring (bicyclic) bond motifs is 1. The van der Waals surface area contributed by atoms with E-state index in [0.29, 0.717) is 17.5 Å². The third-order valence-corrected chi connectivity index (χ3v) is 4.39. The number of aliphatic hydroxyl groups excluding tert-OH is 1. The fourth-order valence-electron chi connectivity index (χ4n) is 3.00. The molecule has 4 N–H and O–H groups in total. The molecule has 0 fully saturated rings. The Morgan fingerprint density at radius 1 is 1.11 bits per heavy atom. The Labute approximate surface area is 157 Å². The van der Waals surface area contributed by atoms with Crippen LogP contribution in [0.1, 0.15) is 36.6 Å². The van der Waals surface area contributed by atoms with Crippen LogP contribution in [0.5, 0.6) is 23.0 Å². The van der Waals surface area contributed by atoms with Gasteiger partial charge in [0, 0.05) is 17.2 Å². The van der Waals surface area contributed by atoms with Gasteiger partial charge in [0.2, 0.25) is 0 Å². The summed E-state index contributed by atoms with van der Waals surface area (Å²) in [7, 11) is 1.40. The fourth-order valence-corrected chi connectivity index (χ4v) is 3.00. The van der Waals surface area contributed by atoms with Gasteiger partial charge in [-0.15, -0.1) is 0 Å². The van der Waals surface area contributed by atoms with Crippen LogP contribution in [0, 0.1) is 0 Å². The molecule has 0 saturated heterocycles. The number of aliphatic hydroxyl groups is 1. The SMILES string of the molecule is COC1=C(c2ccc(O)cc2)Oc2c(CC=C(C)C)c(O)cc(O)c2C1O. The van der Waals surface area contributed by atoms with Crippen LogP contribution in [-0.4, -0.2) is 27.5 Å². The fraction of sp³-hybridized carbons (Fsp3) is 0.238. The molecule has 6 nitrogen and oxygen atoms in total. The Bertz CT molecular complexity index is 921. The molecule has 2 aromatic carbocycles. The Hall–Kier alpha value is -3.12. The number of methoxy groups -OCH3 is 1. The maximum Gasteiger partial charge on any atom is 0.175 e. The van der Waals surface area contributed by atoms with Gasteiger partial charge >= 0.3 is 0 Å². The molecule has 1 aliphatic rings. The van der Waals surface area contributed by atoms with Crippen LogP contribution < -0.4 is 4.74 Å². The maximum absolute atomic E-state index is 10.8. The first-order chi connectivity index (χ1) is 12.8. The van der Waals surface area contributed by atoms with Crippen LogP contribution in [0.4, 0.5) is 0 Å². The van der Waals surface area contributed by atoms with Gasteiger partial charge in [0.15, 0.2) is 11.5 Å². The standard InChI is InChI=1S/C21H22O6/c1-11(2)4-9-14-15(23)10-16(24)17-18(25)21(26-3)19(27-20(14)17)12-5-7-13(22)8-6-12/h4-8,10,18,22-25H,9H2,1-3H3. The molecule has 6 heteroatoms. The van der Waals surface area contributed by atoms with Gasteiger partial charge in [0.05, 0.1) is 12.7 Å². The highest BCUT2D eigenvalue weighted by molar-refractivity contribution is 5.72. The first kappa shape index (κ1) is 18.7. The molecular weight excluding hydrogens is 348 g/mol. The Kier molecular flexibility index (Phi) is 5.01. The lowest BCUT2D eigenvalue weighted by Crippen LogP contribution is -2.17. The first-order valence-corrected chi connectivity index (χ1v) is 8.48. The predicted molar refractivity (Wildman–Crippen MR) is 101 cm³/mol. The van der Waals surface area contributed by atoms with Crippen LogP contribution in [-0.2, 0) is 11.2 Å².